The molecule has 1 saturated heterocycles. The van der Waals surface area contributed by atoms with Gasteiger partial charge in [0.2, 0.25) is 0 Å². The summed E-state index contributed by atoms with van der Waals surface area (Å²) < 4.78 is 12.9. The lowest BCUT2D eigenvalue weighted by atomic mass is 10.2. The van der Waals surface area contributed by atoms with Crippen molar-refractivity contribution in [2.75, 3.05) is 11.4 Å². The Bertz CT molecular complexity index is 422. The third kappa shape index (κ3) is 1.85. The van der Waals surface area contributed by atoms with Crippen LogP contribution in [-0.4, -0.2) is 28.6 Å². The fraction of sp³-hybridized carbons (Fsp3) is 0.455. The Morgan fingerprint density at radius 1 is 1.69 bits per heavy atom. The van der Waals surface area contributed by atoms with E-state index in [1.807, 2.05) is 11.8 Å². The summed E-state index contributed by atoms with van der Waals surface area (Å²) in [5, 5.41) is 9.00. The highest BCUT2D eigenvalue weighted by molar-refractivity contribution is 5.93. The van der Waals surface area contributed by atoms with E-state index < -0.39 is 11.8 Å². The lowest BCUT2D eigenvalue weighted by Gasteiger charge is -2.23. The minimum atomic E-state index is -1.14. The molecule has 5 heteroatoms. The molecule has 1 aromatic heterocycles. The predicted molar refractivity (Wildman–Crippen MR) is 57.2 cm³/mol. The molecule has 1 aromatic rings. The van der Waals surface area contributed by atoms with Gasteiger partial charge in [0.15, 0.2) is 0 Å². The van der Waals surface area contributed by atoms with Crippen molar-refractivity contribution in [3.8, 4) is 0 Å². The first-order valence-electron chi connectivity index (χ1n) is 5.25. The first-order valence-corrected chi connectivity index (χ1v) is 5.25. The van der Waals surface area contributed by atoms with Crippen molar-refractivity contribution in [3.05, 3.63) is 23.6 Å². The zero-order valence-electron chi connectivity index (χ0n) is 8.98. The van der Waals surface area contributed by atoms with Gasteiger partial charge < -0.3 is 10.0 Å². The molecule has 1 aliphatic rings. The van der Waals surface area contributed by atoms with Crippen molar-refractivity contribution in [3.63, 3.8) is 0 Å². The Kier molecular flexibility index (Phi) is 2.77. The predicted octanol–water partition coefficient (Wildman–Crippen LogP) is 1.91. The molecule has 2 rings (SSSR count). The number of carboxylic acids is 1. The Hall–Kier alpha value is -1.65. The first-order chi connectivity index (χ1) is 7.59. The number of halogens is 1. The molecule has 0 amide bonds. The summed E-state index contributed by atoms with van der Waals surface area (Å²) >= 11 is 0. The Labute approximate surface area is 92.7 Å². The minimum absolute atomic E-state index is 0.0613. The van der Waals surface area contributed by atoms with Gasteiger partial charge >= 0.3 is 5.97 Å². The maximum Gasteiger partial charge on any atom is 0.339 e. The highest BCUT2D eigenvalue weighted by Gasteiger charge is 2.26. The summed E-state index contributed by atoms with van der Waals surface area (Å²) in [5.41, 5.74) is -0.0613. The molecular weight excluding hydrogens is 211 g/mol. The fourth-order valence-electron chi connectivity index (χ4n) is 2.07. The summed E-state index contributed by atoms with van der Waals surface area (Å²) in [5.74, 6) is -1.38. The van der Waals surface area contributed by atoms with Gasteiger partial charge in [-0.25, -0.2) is 14.2 Å². The van der Waals surface area contributed by atoms with E-state index in [0.717, 1.165) is 31.6 Å². The van der Waals surface area contributed by atoms with Crippen LogP contribution in [0.1, 0.15) is 30.1 Å². The molecule has 1 aliphatic heterocycles. The zero-order chi connectivity index (χ0) is 11.7. The molecule has 2 heterocycles. The molecule has 0 aromatic carbocycles. The molecule has 0 spiro atoms. The molecule has 16 heavy (non-hydrogen) atoms. The number of carboxylic acid groups (broad SMARTS) is 1. The number of rotatable bonds is 2. The molecule has 0 radical (unpaired) electrons. The first kappa shape index (κ1) is 10.9. The number of carbonyl (C=O) groups is 1. The van der Waals surface area contributed by atoms with Crippen molar-refractivity contribution >= 4 is 11.8 Å². The van der Waals surface area contributed by atoms with Gasteiger partial charge in [0.05, 0.1) is 6.20 Å². The van der Waals surface area contributed by atoms with Gasteiger partial charge in [-0.3, -0.25) is 0 Å². The Morgan fingerprint density at radius 3 is 3.00 bits per heavy atom. The van der Waals surface area contributed by atoms with Crippen LogP contribution in [0.2, 0.25) is 0 Å². The summed E-state index contributed by atoms with van der Waals surface area (Å²) in [6, 6.07) is 1.28. The highest BCUT2D eigenvalue weighted by Crippen LogP contribution is 2.26. The fourth-order valence-corrected chi connectivity index (χ4v) is 2.07. The van der Waals surface area contributed by atoms with Gasteiger partial charge in [0.1, 0.15) is 17.2 Å². The zero-order valence-corrected chi connectivity index (χ0v) is 8.98. The van der Waals surface area contributed by atoms with E-state index in [9.17, 15) is 9.18 Å². The van der Waals surface area contributed by atoms with Gasteiger partial charge in [-0.15, -0.1) is 0 Å². The molecule has 86 valence electrons. The number of hydrogen-bond donors (Lipinski definition) is 1. The normalized spacial score (nSPS) is 20.1. The Morgan fingerprint density at radius 2 is 2.44 bits per heavy atom. The lowest BCUT2D eigenvalue weighted by Crippen LogP contribution is -2.29. The molecule has 0 saturated carbocycles. The number of nitrogens with zero attached hydrogens (tertiary/aromatic N) is 2. The van der Waals surface area contributed by atoms with Crippen LogP contribution in [0.4, 0.5) is 10.2 Å². The number of anilines is 1. The number of aromatic carboxylic acids is 1. The molecule has 1 unspecified atom stereocenters. The largest absolute Gasteiger partial charge is 0.478 e. The molecule has 0 bridgehead atoms. The second-order valence-corrected chi connectivity index (χ2v) is 4.01. The summed E-state index contributed by atoms with van der Waals surface area (Å²) in [6.45, 7) is 2.80. The average Bonchev–Trinajstić information content (AvgIpc) is 2.64. The minimum Gasteiger partial charge on any atom is -0.478 e. The van der Waals surface area contributed by atoms with Gasteiger partial charge in [-0.1, -0.05) is 0 Å². The highest BCUT2D eigenvalue weighted by atomic mass is 19.1. The quantitative estimate of drug-likeness (QED) is 0.833. The molecule has 4 nitrogen and oxygen atoms in total. The number of hydrogen-bond acceptors (Lipinski definition) is 3. The monoisotopic (exact) mass is 224 g/mol. The van der Waals surface area contributed by atoms with Crippen LogP contribution >= 0.6 is 0 Å². The SMILES string of the molecule is CC1CCCN1c1ncc(F)cc1C(=O)O. The summed E-state index contributed by atoms with van der Waals surface area (Å²) in [7, 11) is 0. The number of aromatic nitrogens is 1. The van der Waals surface area contributed by atoms with Crippen LogP contribution in [0.3, 0.4) is 0 Å². The van der Waals surface area contributed by atoms with Crippen molar-refractivity contribution in [1.82, 2.24) is 4.98 Å². The van der Waals surface area contributed by atoms with E-state index in [-0.39, 0.29) is 11.6 Å². The smallest absolute Gasteiger partial charge is 0.339 e. The third-order valence-corrected chi connectivity index (χ3v) is 2.89. The maximum absolute atomic E-state index is 12.9. The summed E-state index contributed by atoms with van der Waals surface area (Å²) in [6.07, 6.45) is 3.09. The van der Waals surface area contributed by atoms with E-state index >= 15 is 0 Å². The van der Waals surface area contributed by atoms with Gasteiger partial charge in [-0.05, 0) is 25.8 Å². The topological polar surface area (TPSA) is 53.4 Å². The molecule has 1 fully saturated rings. The van der Waals surface area contributed by atoms with Crippen LogP contribution < -0.4 is 4.90 Å². The van der Waals surface area contributed by atoms with E-state index in [1.165, 1.54) is 0 Å². The van der Waals surface area contributed by atoms with Crippen molar-refractivity contribution in [2.45, 2.75) is 25.8 Å². The third-order valence-electron chi connectivity index (χ3n) is 2.89. The molecular formula is C11H13FN2O2. The second kappa shape index (κ2) is 4.08. The van der Waals surface area contributed by atoms with Crippen LogP contribution in [0.15, 0.2) is 12.3 Å². The van der Waals surface area contributed by atoms with E-state index in [1.54, 1.807) is 0 Å². The van der Waals surface area contributed by atoms with Crippen LogP contribution in [0.25, 0.3) is 0 Å². The van der Waals surface area contributed by atoms with Crippen LogP contribution in [0, 0.1) is 5.82 Å². The van der Waals surface area contributed by atoms with E-state index in [0.29, 0.717) is 5.82 Å². The van der Waals surface area contributed by atoms with Gasteiger partial charge in [-0.2, -0.15) is 0 Å². The lowest BCUT2D eigenvalue weighted by molar-refractivity contribution is 0.0696. The van der Waals surface area contributed by atoms with Crippen molar-refractivity contribution in [1.29, 1.82) is 0 Å². The summed E-state index contributed by atoms with van der Waals surface area (Å²) in [4.78, 5) is 16.8. The van der Waals surface area contributed by atoms with E-state index in [2.05, 4.69) is 4.98 Å². The standard InChI is InChI=1S/C11H13FN2O2/c1-7-3-2-4-14(7)10-9(11(15)16)5-8(12)6-13-10/h5-7H,2-4H2,1H3,(H,15,16). The van der Waals surface area contributed by atoms with Crippen molar-refractivity contribution < 1.29 is 14.3 Å². The van der Waals surface area contributed by atoms with Crippen LogP contribution in [0.5, 0.6) is 0 Å². The Balaban J connectivity index is 2.43. The van der Waals surface area contributed by atoms with Crippen LogP contribution in [-0.2, 0) is 0 Å². The second-order valence-electron chi connectivity index (χ2n) is 4.01. The number of pyridine rings is 1. The maximum atomic E-state index is 12.9. The molecule has 0 aliphatic carbocycles. The molecule has 1 N–H and O–H groups in total. The van der Waals surface area contributed by atoms with Crippen molar-refractivity contribution in [2.24, 2.45) is 0 Å². The van der Waals surface area contributed by atoms with Gasteiger partial charge in [0, 0.05) is 12.6 Å². The van der Waals surface area contributed by atoms with E-state index in [4.69, 9.17) is 5.11 Å². The van der Waals surface area contributed by atoms with Gasteiger partial charge in [0.25, 0.3) is 0 Å². The average molecular weight is 224 g/mol. The molecule has 1 atom stereocenters.